The van der Waals surface area contributed by atoms with Gasteiger partial charge in [-0.15, -0.1) is 0 Å². The molecular formula is C12H20N4O. The van der Waals surface area contributed by atoms with Crippen molar-refractivity contribution in [1.82, 2.24) is 20.0 Å². The number of aromatic nitrogens is 2. The van der Waals surface area contributed by atoms with Gasteiger partial charge < -0.3 is 10.2 Å². The van der Waals surface area contributed by atoms with Crippen LogP contribution in [-0.2, 0) is 7.05 Å². The van der Waals surface area contributed by atoms with E-state index in [9.17, 15) is 4.79 Å². The molecule has 0 bridgehead atoms. The Labute approximate surface area is 102 Å². The van der Waals surface area contributed by atoms with Crippen molar-refractivity contribution in [2.75, 3.05) is 20.1 Å². The number of likely N-dealkylation sites (tertiary alicyclic amines) is 1. The van der Waals surface area contributed by atoms with Crippen molar-refractivity contribution >= 4 is 5.91 Å². The Hall–Kier alpha value is -1.36. The predicted octanol–water partition coefficient (Wildman–Crippen LogP) is 0.634. The van der Waals surface area contributed by atoms with E-state index in [-0.39, 0.29) is 5.91 Å². The Morgan fingerprint density at radius 2 is 2.41 bits per heavy atom. The average molecular weight is 236 g/mol. The molecule has 0 radical (unpaired) electrons. The van der Waals surface area contributed by atoms with E-state index in [1.54, 1.807) is 10.7 Å². The maximum atomic E-state index is 12.3. The highest BCUT2D eigenvalue weighted by atomic mass is 16.2. The van der Waals surface area contributed by atoms with Gasteiger partial charge in [-0.3, -0.25) is 9.48 Å². The minimum absolute atomic E-state index is 0.0607. The van der Waals surface area contributed by atoms with Crippen LogP contribution < -0.4 is 5.32 Å². The van der Waals surface area contributed by atoms with Crippen LogP contribution in [-0.4, -0.2) is 46.8 Å². The first-order chi connectivity index (χ1) is 8.22. The third-order valence-electron chi connectivity index (χ3n) is 3.26. The predicted molar refractivity (Wildman–Crippen MR) is 65.8 cm³/mol. The van der Waals surface area contributed by atoms with E-state index >= 15 is 0 Å². The Morgan fingerprint density at radius 1 is 1.59 bits per heavy atom. The Kier molecular flexibility index (Phi) is 3.78. The van der Waals surface area contributed by atoms with E-state index < -0.39 is 0 Å². The molecule has 1 fully saturated rings. The van der Waals surface area contributed by atoms with Crippen LogP contribution in [0, 0.1) is 0 Å². The number of amides is 1. The standard InChI is InChI=1S/C12H20N4O/c1-13-9-10-5-3-4-7-16(10)12(17)11-6-8-15(2)14-11/h6,8,10,13H,3-5,7,9H2,1-2H3. The quantitative estimate of drug-likeness (QED) is 0.837. The number of aryl methyl sites for hydroxylation is 1. The maximum absolute atomic E-state index is 12.3. The topological polar surface area (TPSA) is 50.2 Å². The molecule has 1 aromatic rings. The first-order valence-electron chi connectivity index (χ1n) is 6.17. The van der Waals surface area contributed by atoms with Crippen LogP contribution >= 0.6 is 0 Å². The average Bonchev–Trinajstić information content (AvgIpc) is 2.76. The van der Waals surface area contributed by atoms with Crippen LogP contribution in [0.2, 0.25) is 0 Å². The van der Waals surface area contributed by atoms with Gasteiger partial charge in [-0.1, -0.05) is 0 Å². The normalized spacial score (nSPS) is 20.6. The third kappa shape index (κ3) is 2.66. The number of hydrogen-bond donors (Lipinski definition) is 1. The lowest BCUT2D eigenvalue weighted by Gasteiger charge is -2.35. The first kappa shape index (κ1) is 12.1. The number of carbonyl (C=O) groups excluding carboxylic acids is 1. The lowest BCUT2D eigenvalue weighted by atomic mass is 10.0. The Balaban J connectivity index is 2.10. The summed E-state index contributed by atoms with van der Waals surface area (Å²) in [5, 5.41) is 7.34. The molecule has 2 heterocycles. The summed E-state index contributed by atoms with van der Waals surface area (Å²) in [5.74, 6) is 0.0607. The van der Waals surface area contributed by atoms with E-state index in [0.29, 0.717) is 11.7 Å². The number of carbonyl (C=O) groups is 1. The number of nitrogens with one attached hydrogen (secondary N) is 1. The van der Waals surface area contributed by atoms with Gasteiger partial charge in [-0.2, -0.15) is 5.10 Å². The summed E-state index contributed by atoms with van der Waals surface area (Å²) in [7, 11) is 3.76. The molecule has 1 aromatic heterocycles. The summed E-state index contributed by atoms with van der Waals surface area (Å²) >= 11 is 0. The highest BCUT2D eigenvalue weighted by molar-refractivity contribution is 5.92. The molecule has 0 aromatic carbocycles. The number of hydrogen-bond acceptors (Lipinski definition) is 3. The van der Waals surface area contributed by atoms with Crippen molar-refractivity contribution in [3.8, 4) is 0 Å². The fraction of sp³-hybridized carbons (Fsp3) is 0.667. The molecule has 5 nitrogen and oxygen atoms in total. The van der Waals surface area contributed by atoms with Gasteiger partial charge in [0.05, 0.1) is 0 Å². The van der Waals surface area contributed by atoms with Crippen LogP contribution in [0.5, 0.6) is 0 Å². The zero-order chi connectivity index (χ0) is 12.3. The second kappa shape index (κ2) is 5.31. The monoisotopic (exact) mass is 236 g/mol. The Morgan fingerprint density at radius 3 is 3.06 bits per heavy atom. The fourth-order valence-electron chi connectivity index (χ4n) is 2.39. The summed E-state index contributed by atoms with van der Waals surface area (Å²) in [4.78, 5) is 14.3. The van der Waals surface area contributed by atoms with Crippen LogP contribution in [0.3, 0.4) is 0 Å². The number of likely N-dealkylation sites (N-methyl/N-ethyl adjacent to an activating group) is 1. The summed E-state index contributed by atoms with van der Waals surface area (Å²) in [6, 6.07) is 2.09. The molecule has 1 N–H and O–H groups in total. The van der Waals surface area contributed by atoms with Gasteiger partial charge in [0.25, 0.3) is 5.91 Å². The SMILES string of the molecule is CNCC1CCCCN1C(=O)c1ccn(C)n1. The molecule has 1 aliphatic heterocycles. The number of piperidine rings is 1. The van der Waals surface area contributed by atoms with Crippen molar-refractivity contribution in [3.63, 3.8) is 0 Å². The van der Waals surface area contributed by atoms with E-state index in [1.807, 2.05) is 25.2 Å². The van der Waals surface area contributed by atoms with E-state index in [0.717, 1.165) is 25.9 Å². The smallest absolute Gasteiger partial charge is 0.274 e. The van der Waals surface area contributed by atoms with E-state index in [2.05, 4.69) is 10.4 Å². The molecule has 94 valence electrons. The molecule has 1 unspecified atom stereocenters. The van der Waals surface area contributed by atoms with Crippen molar-refractivity contribution in [1.29, 1.82) is 0 Å². The van der Waals surface area contributed by atoms with Crippen LogP contribution in [0.1, 0.15) is 29.8 Å². The summed E-state index contributed by atoms with van der Waals surface area (Å²) in [5.41, 5.74) is 0.551. The second-order valence-corrected chi connectivity index (χ2v) is 4.58. The van der Waals surface area contributed by atoms with Crippen molar-refractivity contribution in [2.45, 2.75) is 25.3 Å². The fourth-order valence-corrected chi connectivity index (χ4v) is 2.39. The van der Waals surface area contributed by atoms with E-state index in [4.69, 9.17) is 0 Å². The number of rotatable bonds is 3. The van der Waals surface area contributed by atoms with Gasteiger partial charge in [-0.05, 0) is 32.4 Å². The van der Waals surface area contributed by atoms with Gasteiger partial charge in [0.15, 0.2) is 0 Å². The maximum Gasteiger partial charge on any atom is 0.274 e. The van der Waals surface area contributed by atoms with Gasteiger partial charge in [0, 0.05) is 32.4 Å². The summed E-state index contributed by atoms with van der Waals surface area (Å²) in [6.07, 6.45) is 5.20. The molecule has 1 atom stereocenters. The number of nitrogens with zero attached hydrogens (tertiary/aromatic N) is 3. The van der Waals surface area contributed by atoms with Crippen LogP contribution in [0.25, 0.3) is 0 Å². The van der Waals surface area contributed by atoms with E-state index in [1.165, 1.54) is 6.42 Å². The molecule has 0 aliphatic carbocycles. The summed E-state index contributed by atoms with van der Waals surface area (Å²) in [6.45, 7) is 1.71. The van der Waals surface area contributed by atoms with Crippen LogP contribution in [0.4, 0.5) is 0 Å². The lowest BCUT2D eigenvalue weighted by Crippen LogP contribution is -2.48. The highest BCUT2D eigenvalue weighted by Crippen LogP contribution is 2.18. The molecule has 1 saturated heterocycles. The minimum atomic E-state index is 0.0607. The molecular weight excluding hydrogens is 216 g/mol. The largest absolute Gasteiger partial charge is 0.333 e. The van der Waals surface area contributed by atoms with Gasteiger partial charge in [-0.25, -0.2) is 0 Å². The van der Waals surface area contributed by atoms with Crippen molar-refractivity contribution in [2.24, 2.45) is 7.05 Å². The van der Waals surface area contributed by atoms with Crippen molar-refractivity contribution in [3.05, 3.63) is 18.0 Å². The third-order valence-corrected chi connectivity index (χ3v) is 3.26. The molecule has 1 aliphatic rings. The second-order valence-electron chi connectivity index (χ2n) is 4.58. The summed E-state index contributed by atoms with van der Waals surface area (Å²) < 4.78 is 1.67. The Bertz CT molecular complexity index is 386. The molecule has 0 spiro atoms. The van der Waals surface area contributed by atoms with Gasteiger partial charge in [0.1, 0.15) is 5.69 Å². The zero-order valence-corrected chi connectivity index (χ0v) is 10.5. The van der Waals surface area contributed by atoms with Gasteiger partial charge >= 0.3 is 0 Å². The zero-order valence-electron chi connectivity index (χ0n) is 10.5. The first-order valence-corrected chi connectivity index (χ1v) is 6.17. The minimum Gasteiger partial charge on any atom is -0.333 e. The molecule has 1 amide bonds. The molecule has 0 saturated carbocycles. The highest BCUT2D eigenvalue weighted by Gasteiger charge is 2.27. The molecule has 5 heteroatoms. The lowest BCUT2D eigenvalue weighted by molar-refractivity contribution is 0.0608. The molecule has 17 heavy (non-hydrogen) atoms. The van der Waals surface area contributed by atoms with Crippen molar-refractivity contribution < 1.29 is 4.79 Å². The van der Waals surface area contributed by atoms with Gasteiger partial charge in [0.2, 0.25) is 0 Å². The van der Waals surface area contributed by atoms with Crippen LogP contribution in [0.15, 0.2) is 12.3 Å². The molecule has 2 rings (SSSR count).